The number of esters is 1. The average molecular weight is 191 g/mol. The molecule has 0 fully saturated rings. The second-order valence-corrected chi connectivity index (χ2v) is 3.54. The van der Waals surface area contributed by atoms with Crippen LogP contribution in [-0.4, -0.2) is 37.2 Å². The van der Waals surface area contributed by atoms with Crippen molar-refractivity contribution in [2.75, 3.05) is 25.2 Å². The molecular weight excluding hydrogens is 174 g/mol. The van der Waals surface area contributed by atoms with Crippen LogP contribution in [0.15, 0.2) is 0 Å². The molecule has 0 aliphatic rings. The Kier molecular flexibility index (Phi) is 7.29. The molecular formula is C8H17NO2S. The molecule has 0 amide bonds. The Bertz CT molecular complexity index is 130. The fourth-order valence-corrected chi connectivity index (χ4v) is 1.49. The molecule has 0 bridgehead atoms. The third-order valence-electron chi connectivity index (χ3n) is 1.39. The number of rotatable bonds is 6. The molecule has 0 aromatic carbocycles. The van der Waals surface area contributed by atoms with Gasteiger partial charge in [0.1, 0.15) is 0 Å². The Hall–Kier alpha value is -0.220. The quantitative estimate of drug-likeness (QED) is 0.633. The van der Waals surface area contributed by atoms with E-state index in [-0.39, 0.29) is 5.97 Å². The van der Waals surface area contributed by atoms with E-state index in [1.54, 1.807) is 11.8 Å². The standard InChI is InChI=1S/C8H17NO2S/c1-4-11-8(10)6-12-5-7(2)9-3/h7,9H,4-6H2,1-3H3. The third kappa shape index (κ3) is 6.49. The van der Waals surface area contributed by atoms with Gasteiger partial charge in [0, 0.05) is 11.8 Å². The minimum atomic E-state index is -0.120. The molecule has 0 aromatic heterocycles. The van der Waals surface area contributed by atoms with Crippen molar-refractivity contribution < 1.29 is 9.53 Å². The predicted molar refractivity (Wildman–Crippen MR) is 52.5 cm³/mol. The van der Waals surface area contributed by atoms with E-state index in [0.717, 1.165) is 5.75 Å². The molecule has 1 unspecified atom stereocenters. The van der Waals surface area contributed by atoms with Crippen molar-refractivity contribution in [3.63, 3.8) is 0 Å². The number of hydrogen-bond acceptors (Lipinski definition) is 4. The zero-order valence-corrected chi connectivity index (χ0v) is 8.74. The smallest absolute Gasteiger partial charge is 0.315 e. The van der Waals surface area contributed by atoms with Crippen LogP contribution in [0.3, 0.4) is 0 Å². The Morgan fingerprint density at radius 1 is 1.67 bits per heavy atom. The number of carbonyl (C=O) groups excluding carboxylic acids is 1. The number of ether oxygens (including phenoxy) is 1. The SMILES string of the molecule is CCOC(=O)CSCC(C)NC. The van der Waals surface area contributed by atoms with Crippen molar-refractivity contribution in [2.45, 2.75) is 19.9 Å². The summed E-state index contributed by atoms with van der Waals surface area (Å²) in [6.07, 6.45) is 0. The molecule has 0 heterocycles. The summed E-state index contributed by atoms with van der Waals surface area (Å²) in [5.74, 6) is 1.28. The van der Waals surface area contributed by atoms with Gasteiger partial charge < -0.3 is 10.1 Å². The van der Waals surface area contributed by atoms with Crippen LogP contribution in [0.5, 0.6) is 0 Å². The fourth-order valence-electron chi connectivity index (χ4n) is 0.605. The highest BCUT2D eigenvalue weighted by Crippen LogP contribution is 2.02. The highest BCUT2D eigenvalue weighted by Gasteiger charge is 2.03. The van der Waals surface area contributed by atoms with Gasteiger partial charge in [-0.3, -0.25) is 4.79 Å². The van der Waals surface area contributed by atoms with Crippen LogP contribution in [0.2, 0.25) is 0 Å². The molecule has 72 valence electrons. The molecule has 0 aliphatic heterocycles. The maximum Gasteiger partial charge on any atom is 0.315 e. The number of hydrogen-bond donors (Lipinski definition) is 1. The lowest BCUT2D eigenvalue weighted by Gasteiger charge is -2.08. The zero-order valence-electron chi connectivity index (χ0n) is 7.92. The van der Waals surface area contributed by atoms with E-state index >= 15 is 0 Å². The molecule has 1 atom stereocenters. The van der Waals surface area contributed by atoms with E-state index < -0.39 is 0 Å². The monoisotopic (exact) mass is 191 g/mol. The Labute approximate surface area is 78.2 Å². The predicted octanol–water partition coefficient (Wildman–Crippen LogP) is 0.891. The molecule has 0 saturated heterocycles. The van der Waals surface area contributed by atoms with Crippen molar-refractivity contribution in [1.82, 2.24) is 5.32 Å². The molecule has 0 radical (unpaired) electrons. The molecule has 0 rings (SSSR count). The van der Waals surface area contributed by atoms with Gasteiger partial charge >= 0.3 is 5.97 Å². The first-order valence-corrected chi connectivity index (χ1v) is 5.26. The third-order valence-corrected chi connectivity index (χ3v) is 2.56. The van der Waals surface area contributed by atoms with Crippen molar-refractivity contribution in [1.29, 1.82) is 0 Å². The summed E-state index contributed by atoms with van der Waals surface area (Å²) in [6.45, 7) is 4.37. The van der Waals surface area contributed by atoms with Crippen molar-refractivity contribution >= 4 is 17.7 Å². The molecule has 0 aromatic rings. The van der Waals surface area contributed by atoms with E-state index in [1.807, 2.05) is 14.0 Å². The van der Waals surface area contributed by atoms with Gasteiger partial charge in [0.25, 0.3) is 0 Å². The Balaban J connectivity index is 3.24. The van der Waals surface area contributed by atoms with Crippen LogP contribution in [0.1, 0.15) is 13.8 Å². The highest BCUT2D eigenvalue weighted by atomic mass is 32.2. The molecule has 3 nitrogen and oxygen atoms in total. The van der Waals surface area contributed by atoms with Crippen molar-refractivity contribution in [2.24, 2.45) is 0 Å². The van der Waals surface area contributed by atoms with Crippen molar-refractivity contribution in [3.05, 3.63) is 0 Å². The van der Waals surface area contributed by atoms with E-state index in [0.29, 0.717) is 18.4 Å². The first kappa shape index (κ1) is 11.8. The minimum Gasteiger partial charge on any atom is -0.465 e. The maximum atomic E-state index is 10.8. The van der Waals surface area contributed by atoms with Gasteiger partial charge in [0.05, 0.1) is 12.4 Å². The highest BCUT2D eigenvalue weighted by molar-refractivity contribution is 7.99. The molecule has 12 heavy (non-hydrogen) atoms. The van der Waals surface area contributed by atoms with Crippen molar-refractivity contribution in [3.8, 4) is 0 Å². The van der Waals surface area contributed by atoms with E-state index in [9.17, 15) is 4.79 Å². The second kappa shape index (κ2) is 7.43. The largest absolute Gasteiger partial charge is 0.465 e. The number of carbonyl (C=O) groups is 1. The van der Waals surface area contributed by atoms with Gasteiger partial charge in [-0.25, -0.2) is 0 Å². The van der Waals surface area contributed by atoms with Crippen LogP contribution < -0.4 is 5.32 Å². The van der Waals surface area contributed by atoms with Gasteiger partial charge in [0.2, 0.25) is 0 Å². The lowest BCUT2D eigenvalue weighted by atomic mass is 10.4. The summed E-state index contributed by atoms with van der Waals surface area (Å²) >= 11 is 1.60. The topological polar surface area (TPSA) is 38.3 Å². The summed E-state index contributed by atoms with van der Waals surface area (Å²) in [5.41, 5.74) is 0. The average Bonchev–Trinajstić information content (AvgIpc) is 2.04. The van der Waals surface area contributed by atoms with E-state index in [4.69, 9.17) is 4.74 Å². The lowest BCUT2D eigenvalue weighted by molar-refractivity contribution is -0.139. The van der Waals surface area contributed by atoms with Crippen LogP contribution in [0, 0.1) is 0 Å². The van der Waals surface area contributed by atoms with E-state index in [2.05, 4.69) is 12.2 Å². The number of nitrogens with one attached hydrogen (secondary N) is 1. The molecule has 1 N–H and O–H groups in total. The van der Waals surface area contributed by atoms with Gasteiger partial charge in [-0.05, 0) is 20.9 Å². The summed E-state index contributed by atoms with van der Waals surface area (Å²) in [4.78, 5) is 10.8. The number of thioether (sulfide) groups is 1. The molecule has 0 spiro atoms. The fraction of sp³-hybridized carbons (Fsp3) is 0.875. The Morgan fingerprint density at radius 3 is 2.83 bits per heavy atom. The summed E-state index contributed by atoms with van der Waals surface area (Å²) < 4.78 is 4.78. The van der Waals surface area contributed by atoms with Gasteiger partial charge in [0.15, 0.2) is 0 Å². The lowest BCUT2D eigenvalue weighted by Crippen LogP contribution is -2.24. The molecule has 0 aliphatic carbocycles. The van der Waals surface area contributed by atoms with Gasteiger partial charge in [-0.15, -0.1) is 11.8 Å². The van der Waals surface area contributed by atoms with Crippen LogP contribution >= 0.6 is 11.8 Å². The maximum absolute atomic E-state index is 10.8. The summed E-state index contributed by atoms with van der Waals surface area (Å²) in [7, 11) is 1.91. The zero-order chi connectivity index (χ0) is 9.40. The normalized spacial score (nSPS) is 12.6. The van der Waals surface area contributed by atoms with Crippen LogP contribution in [-0.2, 0) is 9.53 Å². The minimum absolute atomic E-state index is 0.120. The van der Waals surface area contributed by atoms with E-state index in [1.165, 1.54) is 0 Å². The molecule has 4 heteroatoms. The first-order valence-electron chi connectivity index (χ1n) is 4.11. The summed E-state index contributed by atoms with van der Waals surface area (Å²) in [5, 5.41) is 3.10. The van der Waals surface area contributed by atoms with Crippen LogP contribution in [0.4, 0.5) is 0 Å². The van der Waals surface area contributed by atoms with Crippen LogP contribution in [0.25, 0.3) is 0 Å². The summed E-state index contributed by atoms with van der Waals surface area (Å²) in [6, 6.07) is 0.449. The van der Waals surface area contributed by atoms with Gasteiger partial charge in [-0.1, -0.05) is 0 Å². The first-order chi connectivity index (χ1) is 5.70. The second-order valence-electron chi connectivity index (χ2n) is 2.51. The van der Waals surface area contributed by atoms with Gasteiger partial charge in [-0.2, -0.15) is 0 Å². The Morgan fingerprint density at radius 2 is 2.33 bits per heavy atom. The molecule has 0 saturated carbocycles.